The van der Waals surface area contributed by atoms with Crippen LogP contribution in [-0.4, -0.2) is 35.4 Å². The Balaban J connectivity index is 2.59. The number of hydrogen-bond donors (Lipinski definition) is 3. The third-order valence-electron chi connectivity index (χ3n) is 3.71. The topological polar surface area (TPSA) is 87.7 Å². The number of halogens is 5. The molecule has 1 aliphatic rings. The van der Waals surface area contributed by atoms with Crippen LogP contribution in [0.5, 0.6) is 5.75 Å². The number of aliphatic hydroxyl groups is 1. The maximum Gasteiger partial charge on any atom is 0.437 e. The van der Waals surface area contributed by atoms with Crippen LogP contribution in [0.15, 0.2) is 24.3 Å². The summed E-state index contributed by atoms with van der Waals surface area (Å²) in [5, 5.41) is 13.4. The number of hydrogen-bond acceptors (Lipinski definition) is 4. The molecule has 1 aliphatic heterocycles. The van der Waals surface area contributed by atoms with Crippen molar-refractivity contribution in [3.8, 4) is 5.75 Å². The Bertz CT molecular complexity index is 681. The van der Waals surface area contributed by atoms with Crippen molar-refractivity contribution in [2.24, 2.45) is 5.92 Å². The third-order valence-corrected chi connectivity index (χ3v) is 3.71. The minimum Gasteiger partial charge on any atom is -0.434 e. The lowest BCUT2D eigenvalue weighted by molar-refractivity contribution is -0.290. The number of Topliss-reactive ketones (excluding diaryl/α,β-unsaturated/α-hetero) is 1. The number of ketones is 1. The summed E-state index contributed by atoms with van der Waals surface area (Å²) in [5.41, 5.74) is -4.18. The fraction of sp³-hybridized carbons (Fsp3) is 0.429. The van der Waals surface area contributed by atoms with Crippen LogP contribution in [0.4, 0.5) is 26.7 Å². The van der Waals surface area contributed by atoms with Crippen LogP contribution >= 0.6 is 0 Å². The van der Waals surface area contributed by atoms with Gasteiger partial charge in [0.2, 0.25) is 5.72 Å². The van der Waals surface area contributed by atoms with Crippen LogP contribution in [0, 0.1) is 5.92 Å². The molecule has 0 unspecified atom stereocenters. The summed E-state index contributed by atoms with van der Waals surface area (Å²) in [6.07, 6.45) is -5.39. The van der Waals surface area contributed by atoms with Crippen LogP contribution in [0.2, 0.25) is 0 Å². The fourth-order valence-corrected chi connectivity index (χ4v) is 2.73. The zero-order valence-electron chi connectivity index (χ0n) is 12.6. The first-order chi connectivity index (χ1) is 11.5. The Morgan fingerprint density at radius 3 is 2.44 bits per heavy atom. The standard InChI is InChI=1S/C14H13F5N2O4/c1-6(22)9-10(7-4-2-3-5-8(7)25-11(15)16)20-12(23)21-13(9,24)14(17,18)19/h2-5,9-11,24H,1H3,(H2,20,21,23)/t9-,10+,13+/m1/s1. The third kappa shape index (κ3) is 3.50. The molecule has 2 amide bonds. The summed E-state index contributed by atoms with van der Waals surface area (Å²) in [7, 11) is 0. The lowest BCUT2D eigenvalue weighted by atomic mass is 9.79. The van der Waals surface area contributed by atoms with Gasteiger partial charge in [0.05, 0.1) is 12.0 Å². The Labute approximate surface area is 138 Å². The van der Waals surface area contributed by atoms with Crippen molar-refractivity contribution in [3.63, 3.8) is 0 Å². The molecule has 3 atom stereocenters. The quantitative estimate of drug-likeness (QED) is 0.711. The fourth-order valence-electron chi connectivity index (χ4n) is 2.73. The van der Waals surface area contributed by atoms with Gasteiger partial charge in [0.1, 0.15) is 11.5 Å². The average Bonchev–Trinajstić information content (AvgIpc) is 2.44. The lowest BCUT2D eigenvalue weighted by Crippen LogP contribution is -2.72. The summed E-state index contributed by atoms with van der Waals surface area (Å²) in [6, 6.07) is 1.57. The zero-order valence-corrected chi connectivity index (χ0v) is 12.6. The molecule has 1 saturated heterocycles. The van der Waals surface area contributed by atoms with E-state index in [2.05, 4.69) is 4.74 Å². The van der Waals surface area contributed by atoms with Crippen molar-refractivity contribution in [1.29, 1.82) is 0 Å². The second kappa shape index (κ2) is 6.47. The van der Waals surface area contributed by atoms with Crippen molar-refractivity contribution >= 4 is 11.8 Å². The first kappa shape index (κ1) is 18.9. The van der Waals surface area contributed by atoms with Gasteiger partial charge in [-0.3, -0.25) is 4.79 Å². The van der Waals surface area contributed by atoms with Gasteiger partial charge in [-0.05, 0) is 13.0 Å². The maximum atomic E-state index is 13.3. The lowest BCUT2D eigenvalue weighted by Gasteiger charge is -2.44. The first-order valence-electron chi connectivity index (χ1n) is 6.89. The molecule has 138 valence electrons. The molecule has 0 radical (unpaired) electrons. The summed E-state index contributed by atoms with van der Waals surface area (Å²) < 4.78 is 69.2. The van der Waals surface area contributed by atoms with Crippen molar-refractivity contribution < 1.29 is 41.4 Å². The smallest absolute Gasteiger partial charge is 0.434 e. The minimum absolute atomic E-state index is 0.305. The normalized spacial score (nSPS) is 26.8. The first-order valence-corrected chi connectivity index (χ1v) is 6.89. The molecule has 1 aromatic carbocycles. The van der Waals surface area contributed by atoms with Crippen LogP contribution in [0.25, 0.3) is 0 Å². The van der Waals surface area contributed by atoms with Gasteiger partial charge in [0.15, 0.2) is 0 Å². The van der Waals surface area contributed by atoms with E-state index in [0.29, 0.717) is 0 Å². The van der Waals surface area contributed by atoms with E-state index in [9.17, 15) is 36.6 Å². The number of para-hydroxylation sites is 1. The average molecular weight is 368 g/mol. The van der Waals surface area contributed by atoms with Crippen LogP contribution in [0.1, 0.15) is 18.5 Å². The van der Waals surface area contributed by atoms with E-state index in [0.717, 1.165) is 19.1 Å². The highest BCUT2D eigenvalue weighted by Gasteiger charge is 2.65. The zero-order chi connectivity index (χ0) is 19.0. The van der Waals surface area contributed by atoms with E-state index in [1.54, 1.807) is 0 Å². The molecule has 1 fully saturated rings. The second-order valence-electron chi connectivity index (χ2n) is 5.34. The predicted molar refractivity (Wildman–Crippen MR) is 72.7 cm³/mol. The van der Waals surface area contributed by atoms with Crippen LogP contribution < -0.4 is 15.4 Å². The number of urea groups is 1. The summed E-state index contributed by atoms with van der Waals surface area (Å²) >= 11 is 0. The number of benzene rings is 1. The number of carbonyl (C=O) groups is 2. The molecular formula is C14H13F5N2O4. The van der Waals surface area contributed by atoms with Crippen LogP contribution in [-0.2, 0) is 4.79 Å². The molecule has 0 spiro atoms. The summed E-state index contributed by atoms with van der Waals surface area (Å²) in [4.78, 5) is 23.5. The molecule has 25 heavy (non-hydrogen) atoms. The predicted octanol–water partition coefficient (Wildman–Crippen LogP) is 2.10. The van der Waals surface area contributed by atoms with Crippen LogP contribution in [0.3, 0.4) is 0 Å². The van der Waals surface area contributed by atoms with Gasteiger partial charge in [-0.25, -0.2) is 4.79 Å². The van der Waals surface area contributed by atoms with Crippen molar-refractivity contribution in [1.82, 2.24) is 10.6 Å². The van der Waals surface area contributed by atoms with Gasteiger partial charge in [0, 0.05) is 5.56 Å². The molecule has 1 aromatic rings. The molecule has 6 nitrogen and oxygen atoms in total. The van der Waals surface area contributed by atoms with Gasteiger partial charge in [0.25, 0.3) is 0 Å². The van der Waals surface area contributed by atoms with Gasteiger partial charge in [-0.1, -0.05) is 18.2 Å². The number of ether oxygens (including phenoxy) is 1. The van der Waals surface area contributed by atoms with E-state index in [4.69, 9.17) is 0 Å². The highest BCUT2D eigenvalue weighted by atomic mass is 19.4. The highest BCUT2D eigenvalue weighted by molar-refractivity contribution is 5.86. The number of carbonyl (C=O) groups excluding carboxylic acids is 2. The minimum atomic E-state index is -5.39. The number of rotatable bonds is 4. The number of alkyl halides is 5. The molecule has 3 N–H and O–H groups in total. The molecule has 0 saturated carbocycles. The Morgan fingerprint density at radius 2 is 1.92 bits per heavy atom. The van der Waals surface area contributed by atoms with Crippen molar-refractivity contribution in [2.45, 2.75) is 31.5 Å². The summed E-state index contributed by atoms with van der Waals surface area (Å²) in [6.45, 7) is -2.50. The maximum absolute atomic E-state index is 13.3. The van der Waals surface area contributed by atoms with Crippen molar-refractivity contribution in [3.05, 3.63) is 29.8 Å². The Kier molecular flexibility index (Phi) is 4.89. The molecule has 0 bridgehead atoms. The van der Waals surface area contributed by atoms with Gasteiger partial charge < -0.3 is 20.5 Å². The Hall–Kier alpha value is -2.43. The van der Waals surface area contributed by atoms with Gasteiger partial charge in [-0.2, -0.15) is 22.0 Å². The number of nitrogens with one attached hydrogen (secondary N) is 2. The highest BCUT2D eigenvalue weighted by Crippen LogP contribution is 2.44. The molecular weight excluding hydrogens is 355 g/mol. The largest absolute Gasteiger partial charge is 0.437 e. The number of amides is 2. The van der Waals surface area contributed by atoms with E-state index >= 15 is 0 Å². The van der Waals surface area contributed by atoms with E-state index in [1.165, 1.54) is 17.4 Å². The van der Waals surface area contributed by atoms with Crippen molar-refractivity contribution in [2.75, 3.05) is 0 Å². The van der Waals surface area contributed by atoms with E-state index in [1.807, 2.05) is 5.32 Å². The Morgan fingerprint density at radius 1 is 1.32 bits per heavy atom. The molecule has 0 aromatic heterocycles. The summed E-state index contributed by atoms with van der Waals surface area (Å²) in [5.74, 6) is -3.88. The molecule has 0 aliphatic carbocycles. The monoisotopic (exact) mass is 368 g/mol. The van der Waals surface area contributed by atoms with E-state index in [-0.39, 0.29) is 5.56 Å². The van der Waals surface area contributed by atoms with Gasteiger partial charge in [-0.15, -0.1) is 0 Å². The second-order valence-corrected chi connectivity index (χ2v) is 5.34. The molecule has 1 heterocycles. The van der Waals surface area contributed by atoms with E-state index < -0.39 is 48.0 Å². The van der Waals surface area contributed by atoms with Gasteiger partial charge >= 0.3 is 18.8 Å². The SMILES string of the molecule is CC(=O)[C@@H]1[C@H](c2ccccc2OC(F)F)NC(=O)N[C@@]1(O)C(F)(F)F. The molecule has 2 rings (SSSR count). The molecule has 11 heteroatoms.